The van der Waals surface area contributed by atoms with Crippen LogP contribution < -0.4 is 5.32 Å². The molecule has 0 atom stereocenters. The molecule has 2 amide bonds. The number of aryl methyl sites for hydroxylation is 1. The lowest BCUT2D eigenvalue weighted by molar-refractivity contribution is 0.187. The Balaban J connectivity index is 1.53. The lowest BCUT2D eigenvalue weighted by Gasteiger charge is -2.30. The van der Waals surface area contributed by atoms with Gasteiger partial charge in [0.1, 0.15) is 0 Å². The number of hydrogen-bond acceptors (Lipinski definition) is 3. The second-order valence-corrected chi connectivity index (χ2v) is 6.39. The number of aromatic nitrogens is 3. The van der Waals surface area contributed by atoms with Crippen LogP contribution in [0.1, 0.15) is 42.6 Å². The Morgan fingerprint density at radius 2 is 2.18 bits per heavy atom. The molecule has 0 unspecified atom stereocenters. The highest BCUT2D eigenvalue weighted by Gasteiger charge is 2.25. The Labute approximate surface area is 129 Å². The molecule has 1 saturated carbocycles. The van der Waals surface area contributed by atoms with Gasteiger partial charge >= 0.3 is 6.03 Å². The zero-order valence-corrected chi connectivity index (χ0v) is 12.9. The Morgan fingerprint density at radius 1 is 1.36 bits per heavy atom. The van der Waals surface area contributed by atoms with Crippen LogP contribution in [0.2, 0.25) is 0 Å². The van der Waals surface area contributed by atoms with Crippen molar-refractivity contribution in [2.75, 3.05) is 6.54 Å². The Hall–Kier alpha value is -2.11. The second-order valence-electron chi connectivity index (χ2n) is 6.39. The van der Waals surface area contributed by atoms with Crippen LogP contribution in [-0.2, 0) is 13.0 Å². The van der Waals surface area contributed by atoms with Crippen molar-refractivity contribution >= 4 is 11.7 Å². The van der Waals surface area contributed by atoms with Crippen LogP contribution >= 0.6 is 0 Å². The molecule has 3 heterocycles. The van der Waals surface area contributed by atoms with E-state index in [9.17, 15) is 4.79 Å². The molecule has 2 aromatic rings. The maximum atomic E-state index is 12.4. The quantitative estimate of drug-likeness (QED) is 0.876. The molecule has 0 saturated heterocycles. The number of nitrogens with zero attached hydrogens (tertiary/aromatic N) is 4. The highest BCUT2D eigenvalue weighted by Crippen LogP contribution is 2.21. The molecule has 0 spiro atoms. The van der Waals surface area contributed by atoms with Crippen LogP contribution in [0.25, 0.3) is 5.65 Å². The molecule has 0 bridgehead atoms. The van der Waals surface area contributed by atoms with Crippen LogP contribution in [0.15, 0.2) is 12.3 Å². The van der Waals surface area contributed by atoms with Gasteiger partial charge in [0, 0.05) is 36.8 Å². The van der Waals surface area contributed by atoms with E-state index in [1.54, 1.807) is 0 Å². The number of carbonyl (C=O) groups is 1. The van der Waals surface area contributed by atoms with Crippen molar-refractivity contribution in [2.45, 2.75) is 51.6 Å². The maximum Gasteiger partial charge on any atom is 0.317 e. The molecule has 4 rings (SSSR count). The first-order valence-electron chi connectivity index (χ1n) is 8.09. The summed E-state index contributed by atoms with van der Waals surface area (Å²) in [5.41, 5.74) is 4.15. The molecule has 116 valence electrons. The van der Waals surface area contributed by atoms with Crippen molar-refractivity contribution in [1.82, 2.24) is 24.8 Å². The van der Waals surface area contributed by atoms with E-state index in [0.717, 1.165) is 42.7 Å². The number of rotatable bonds is 1. The SMILES string of the molecule is Cc1cc2ncc3c(n2n1)CCN(C(=O)NC1CCCC1)C3. The molecule has 2 aromatic heterocycles. The fourth-order valence-electron chi connectivity index (χ4n) is 3.56. The molecule has 1 aliphatic carbocycles. The Morgan fingerprint density at radius 3 is 3.00 bits per heavy atom. The Kier molecular flexibility index (Phi) is 3.24. The van der Waals surface area contributed by atoms with Gasteiger partial charge in [-0.1, -0.05) is 12.8 Å². The fourth-order valence-corrected chi connectivity index (χ4v) is 3.56. The largest absolute Gasteiger partial charge is 0.335 e. The van der Waals surface area contributed by atoms with Crippen molar-refractivity contribution in [3.05, 3.63) is 29.2 Å². The third-order valence-electron chi connectivity index (χ3n) is 4.74. The third kappa shape index (κ3) is 2.32. The predicted octanol–water partition coefficient (Wildman–Crippen LogP) is 2.05. The zero-order valence-electron chi connectivity index (χ0n) is 12.9. The summed E-state index contributed by atoms with van der Waals surface area (Å²) in [6.07, 6.45) is 7.41. The summed E-state index contributed by atoms with van der Waals surface area (Å²) >= 11 is 0. The van der Waals surface area contributed by atoms with Crippen LogP contribution in [0.3, 0.4) is 0 Å². The fraction of sp³-hybridized carbons (Fsp3) is 0.562. The van der Waals surface area contributed by atoms with E-state index in [2.05, 4.69) is 15.4 Å². The number of amides is 2. The molecule has 6 heteroatoms. The van der Waals surface area contributed by atoms with Crippen molar-refractivity contribution < 1.29 is 4.79 Å². The van der Waals surface area contributed by atoms with E-state index < -0.39 is 0 Å². The van der Waals surface area contributed by atoms with Gasteiger partial charge in [-0.3, -0.25) is 0 Å². The van der Waals surface area contributed by atoms with E-state index in [4.69, 9.17) is 0 Å². The average molecular weight is 299 g/mol. The molecule has 22 heavy (non-hydrogen) atoms. The summed E-state index contributed by atoms with van der Waals surface area (Å²) in [6, 6.07) is 2.41. The standard InChI is InChI=1S/C16H21N5O/c1-11-8-15-17-9-12-10-20(7-6-14(12)21(15)19-11)16(22)18-13-4-2-3-5-13/h8-9,13H,2-7,10H2,1H3,(H,18,22). The van der Waals surface area contributed by atoms with Gasteiger partial charge < -0.3 is 10.2 Å². The molecular weight excluding hydrogens is 278 g/mol. The third-order valence-corrected chi connectivity index (χ3v) is 4.74. The summed E-state index contributed by atoms with van der Waals surface area (Å²) in [5.74, 6) is 0. The van der Waals surface area contributed by atoms with E-state index in [-0.39, 0.29) is 6.03 Å². The van der Waals surface area contributed by atoms with Crippen LogP contribution in [0, 0.1) is 6.92 Å². The van der Waals surface area contributed by atoms with Crippen molar-refractivity contribution in [3.8, 4) is 0 Å². The van der Waals surface area contributed by atoms with Gasteiger partial charge in [-0.15, -0.1) is 0 Å². The van der Waals surface area contributed by atoms with E-state index >= 15 is 0 Å². The van der Waals surface area contributed by atoms with E-state index in [0.29, 0.717) is 12.6 Å². The van der Waals surface area contributed by atoms with Crippen LogP contribution in [-0.4, -0.2) is 38.1 Å². The van der Waals surface area contributed by atoms with Gasteiger partial charge in [-0.05, 0) is 19.8 Å². The number of hydrogen-bond donors (Lipinski definition) is 1. The molecular formula is C16H21N5O. The molecule has 2 aliphatic rings. The average Bonchev–Trinajstić information content (AvgIpc) is 3.15. The molecule has 1 aliphatic heterocycles. The molecule has 0 radical (unpaired) electrons. The summed E-state index contributed by atoms with van der Waals surface area (Å²) in [6.45, 7) is 3.34. The molecule has 0 aromatic carbocycles. The minimum absolute atomic E-state index is 0.0642. The highest BCUT2D eigenvalue weighted by molar-refractivity contribution is 5.75. The first kappa shape index (κ1) is 13.5. The summed E-state index contributed by atoms with van der Waals surface area (Å²) < 4.78 is 1.93. The smallest absolute Gasteiger partial charge is 0.317 e. The maximum absolute atomic E-state index is 12.4. The minimum Gasteiger partial charge on any atom is -0.335 e. The van der Waals surface area contributed by atoms with Crippen LogP contribution in [0.4, 0.5) is 4.79 Å². The minimum atomic E-state index is 0.0642. The zero-order chi connectivity index (χ0) is 15.1. The van der Waals surface area contributed by atoms with Gasteiger partial charge in [0.25, 0.3) is 0 Å². The monoisotopic (exact) mass is 299 g/mol. The molecule has 6 nitrogen and oxygen atoms in total. The van der Waals surface area contributed by atoms with E-state index in [1.165, 1.54) is 18.5 Å². The number of nitrogens with one attached hydrogen (secondary N) is 1. The van der Waals surface area contributed by atoms with Gasteiger partial charge in [-0.25, -0.2) is 14.3 Å². The summed E-state index contributed by atoms with van der Waals surface area (Å²) in [4.78, 5) is 18.8. The van der Waals surface area contributed by atoms with Gasteiger partial charge in [0.15, 0.2) is 5.65 Å². The van der Waals surface area contributed by atoms with Crippen molar-refractivity contribution in [2.24, 2.45) is 0 Å². The van der Waals surface area contributed by atoms with Crippen molar-refractivity contribution in [1.29, 1.82) is 0 Å². The van der Waals surface area contributed by atoms with Crippen molar-refractivity contribution in [3.63, 3.8) is 0 Å². The lowest BCUT2D eigenvalue weighted by Crippen LogP contribution is -2.46. The Bertz CT molecular complexity index is 717. The summed E-state index contributed by atoms with van der Waals surface area (Å²) in [5, 5.41) is 7.68. The molecule has 1 N–H and O–H groups in total. The number of urea groups is 1. The highest BCUT2D eigenvalue weighted by atomic mass is 16.2. The van der Waals surface area contributed by atoms with E-state index in [1.807, 2.05) is 28.6 Å². The van der Waals surface area contributed by atoms with Gasteiger partial charge in [-0.2, -0.15) is 5.10 Å². The summed E-state index contributed by atoms with van der Waals surface area (Å²) in [7, 11) is 0. The lowest BCUT2D eigenvalue weighted by atomic mass is 10.1. The van der Waals surface area contributed by atoms with Crippen LogP contribution in [0.5, 0.6) is 0 Å². The predicted molar refractivity (Wildman–Crippen MR) is 82.6 cm³/mol. The first-order valence-corrected chi connectivity index (χ1v) is 8.09. The first-order chi connectivity index (χ1) is 10.7. The second kappa shape index (κ2) is 5.26. The normalized spacial score (nSPS) is 18.7. The topological polar surface area (TPSA) is 62.5 Å². The number of carbonyl (C=O) groups excluding carboxylic acids is 1. The van der Waals surface area contributed by atoms with Gasteiger partial charge in [0.05, 0.1) is 17.9 Å². The molecule has 1 fully saturated rings. The number of fused-ring (bicyclic) bond motifs is 3. The van der Waals surface area contributed by atoms with Gasteiger partial charge in [0.2, 0.25) is 0 Å².